The number of aryl methyl sites for hydroxylation is 1. The number of hydrogen-bond donors (Lipinski definition) is 1. The third-order valence-corrected chi connectivity index (χ3v) is 4.96. The van der Waals surface area contributed by atoms with Gasteiger partial charge in [0.1, 0.15) is 5.82 Å². The Kier molecular flexibility index (Phi) is 4.25. The van der Waals surface area contributed by atoms with Gasteiger partial charge in [-0.1, -0.05) is 12.1 Å². The van der Waals surface area contributed by atoms with Crippen LogP contribution in [0, 0.1) is 0 Å². The predicted molar refractivity (Wildman–Crippen MR) is 93.2 cm³/mol. The predicted octanol–water partition coefficient (Wildman–Crippen LogP) is 3.68. The van der Waals surface area contributed by atoms with Crippen LogP contribution < -0.4 is 5.32 Å². The quantitative estimate of drug-likeness (QED) is 0.706. The molecule has 0 spiro atoms. The molecule has 0 unspecified atom stereocenters. The van der Waals surface area contributed by atoms with E-state index in [0.717, 1.165) is 41.6 Å². The largest absolute Gasteiger partial charge is 0.370 e. The Bertz CT molecular complexity index is 807. The molecule has 6 nitrogen and oxygen atoms in total. The number of hydrogen-bond acceptors (Lipinski definition) is 7. The monoisotopic (exact) mass is 341 g/mol. The lowest BCUT2D eigenvalue weighted by atomic mass is 10.3. The fourth-order valence-corrected chi connectivity index (χ4v) is 3.29. The standard InChI is InChI=1S/C17H19N5OS/c1-2-13-10-24-15(20-13)7-8-18-14-6-5-12(9-19-14)17-21-16(22-23-17)11-3-4-11/h5-6,9-11H,2-4,7-8H2,1H3,(H,18,19). The molecular formula is C17H19N5OS. The highest BCUT2D eigenvalue weighted by Gasteiger charge is 2.28. The van der Waals surface area contributed by atoms with Gasteiger partial charge >= 0.3 is 0 Å². The van der Waals surface area contributed by atoms with Crippen molar-refractivity contribution in [2.24, 2.45) is 0 Å². The summed E-state index contributed by atoms with van der Waals surface area (Å²) in [6.07, 6.45) is 6.00. The van der Waals surface area contributed by atoms with E-state index in [9.17, 15) is 0 Å². The van der Waals surface area contributed by atoms with Crippen molar-refractivity contribution >= 4 is 17.2 Å². The van der Waals surface area contributed by atoms with Gasteiger partial charge in [-0.05, 0) is 31.4 Å². The van der Waals surface area contributed by atoms with E-state index >= 15 is 0 Å². The van der Waals surface area contributed by atoms with E-state index in [1.54, 1.807) is 17.5 Å². The normalized spacial score (nSPS) is 14.0. The molecule has 1 saturated carbocycles. The summed E-state index contributed by atoms with van der Waals surface area (Å²) >= 11 is 1.72. The third kappa shape index (κ3) is 3.46. The van der Waals surface area contributed by atoms with Crippen molar-refractivity contribution in [3.05, 3.63) is 40.2 Å². The van der Waals surface area contributed by atoms with Crippen molar-refractivity contribution in [3.8, 4) is 11.5 Å². The highest BCUT2D eigenvalue weighted by molar-refractivity contribution is 7.09. The van der Waals surface area contributed by atoms with Crippen LogP contribution in [0.3, 0.4) is 0 Å². The molecule has 1 N–H and O–H groups in total. The maximum absolute atomic E-state index is 5.32. The van der Waals surface area contributed by atoms with Gasteiger partial charge in [0.25, 0.3) is 5.89 Å². The van der Waals surface area contributed by atoms with Crippen LogP contribution in [0.15, 0.2) is 28.2 Å². The molecule has 0 amide bonds. The molecule has 3 aromatic heterocycles. The second kappa shape index (κ2) is 6.68. The molecule has 0 atom stereocenters. The van der Waals surface area contributed by atoms with Gasteiger partial charge in [0, 0.05) is 30.5 Å². The van der Waals surface area contributed by atoms with Crippen molar-refractivity contribution in [1.29, 1.82) is 0 Å². The molecule has 0 radical (unpaired) electrons. The van der Waals surface area contributed by atoms with E-state index in [1.165, 1.54) is 18.5 Å². The van der Waals surface area contributed by atoms with Crippen molar-refractivity contribution in [2.45, 2.75) is 38.5 Å². The molecule has 1 fully saturated rings. The molecular weight excluding hydrogens is 322 g/mol. The zero-order valence-electron chi connectivity index (χ0n) is 13.5. The Morgan fingerprint density at radius 1 is 1.29 bits per heavy atom. The van der Waals surface area contributed by atoms with Crippen LogP contribution in [-0.2, 0) is 12.8 Å². The first-order chi connectivity index (χ1) is 11.8. The van der Waals surface area contributed by atoms with Crippen molar-refractivity contribution < 1.29 is 4.52 Å². The minimum atomic E-state index is 0.496. The van der Waals surface area contributed by atoms with Gasteiger partial charge in [-0.3, -0.25) is 0 Å². The first kappa shape index (κ1) is 15.3. The van der Waals surface area contributed by atoms with Crippen LogP contribution in [0.4, 0.5) is 5.82 Å². The number of nitrogens with zero attached hydrogens (tertiary/aromatic N) is 4. The molecule has 1 aliphatic rings. The Morgan fingerprint density at radius 3 is 2.92 bits per heavy atom. The lowest BCUT2D eigenvalue weighted by molar-refractivity contribution is 0.422. The molecule has 3 heterocycles. The van der Waals surface area contributed by atoms with E-state index < -0.39 is 0 Å². The summed E-state index contributed by atoms with van der Waals surface area (Å²) in [5.41, 5.74) is 2.02. The molecule has 24 heavy (non-hydrogen) atoms. The van der Waals surface area contributed by atoms with Crippen LogP contribution >= 0.6 is 11.3 Å². The lowest BCUT2D eigenvalue weighted by Crippen LogP contribution is -2.06. The average Bonchev–Trinajstić information content (AvgIpc) is 3.17. The zero-order valence-corrected chi connectivity index (χ0v) is 14.3. The van der Waals surface area contributed by atoms with E-state index in [4.69, 9.17) is 4.52 Å². The van der Waals surface area contributed by atoms with Gasteiger partial charge < -0.3 is 9.84 Å². The molecule has 0 bridgehead atoms. The minimum Gasteiger partial charge on any atom is -0.370 e. The number of nitrogens with one attached hydrogen (secondary N) is 1. The minimum absolute atomic E-state index is 0.496. The Labute approximate surface area is 144 Å². The van der Waals surface area contributed by atoms with E-state index in [-0.39, 0.29) is 0 Å². The zero-order chi connectivity index (χ0) is 16.4. The fraction of sp³-hybridized carbons (Fsp3) is 0.412. The smallest absolute Gasteiger partial charge is 0.259 e. The molecule has 0 aliphatic heterocycles. The molecule has 3 aromatic rings. The molecule has 1 aliphatic carbocycles. The molecule has 124 valence electrons. The third-order valence-electron chi connectivity index (χ3n) is 4.00. The molecule has 0 saturated heterocycles. The van der Waals surface area contributed by atoms with E-state index in [1.807, 2.05) is 12.1 Å². The van der Waals surface area contributed by atoms with Crippen molar-refractivity contribution in [3.63, 3.8) is 0 Å². The van der Waals surface area contributed by atoms with Crippen LogP contribution in [0.1, 0.15) is 42.2 Å². The van der Waals surface area contributed by atoms with Gasteiger partial charge in [-0.15, -0.1) is 11.3 Å². The van der Waals surface area contributed by atoms with Gasteiger partial charge in [-0.25, -0.2) is 9.97 Å². The second-order valence-electron chi connectivity index (χ2n) is 5.93. The summed E-state index contributed by atoms with van der Waals surface area (Å²) in [5.74, 6) is 2.70. The van der Waals surface area contributed by atoms with Crippen LogP contribution in [0.2, 0.25) is 0 Å². The SMILES string of the molecule is CCc1csc(CCNc2ccc(-c3nc(C4CC4)no3)cn2)n1. The fourth-order valence-electron chi connectivity index (χ4n) is 2.41. The number of pyridine rings is 1. The lowest BCUT2D eigenvalue weighted by Gasteiger charge is -2.04. The van der Waals surface area contributed by atoms with Gasteiger partial charge in [0.15, 0.2) is 5.82 Å². The molecule has 4 rings (SSSR count). The van der Waals surface area contributed by atoms with Crippen LogP contribution in [-0.4, -0.2) is 26.7 Å². The number of anilines is 1. The summed E-state index contributed by atoms with van der Waals surface area (Å²) in [5, 5.41) is 10.6. The summed E-state index contributed by atoms with van der Waals surface area (Å²) in [4.78, 5) is 13.4. The Hall–Kier alpha value is -2.28. The van der Waals surface area contributed by atoms with Gasteiger partial charge in [0.2, 0.25) is 0 Å². The maximum atomic E-state index is 5.32. The number of rotatable bonds is 7. The maximum Gasteiger partial charge on any atom is 0.259 e. The van der Waals surface area contributed by atoms with Crippen molar-refractivity contribution in [1.82, 2.24) is 20.1 Å². The van der Waals surface area contributed by atoms with Crippen molar-refractivity contribution in [2.75, 3.05) is 11.9 Å². The summed E-state index contributed by atoms with van der Waals surface area (Å²) in [6, 6.07) is 3.90. The summed E-state index contributed by atoms with van der Waals surface area (Å²) in [6.45, 7) is 2.94. The molecule has 0 aromatic carbocycles. The first-order valence-electron chi connectivity index (χ1n) is 8.29. The van der Waals surface area contributed by atoms with E-state index in [2.05, 4.69) is 37.7 Å². The van der Waals surface area contributed by atoms with Crippen LogP contribution in [0.25, 0.3) is 11.5 Å². The second-order valence-corrected chi connectivity index (χ2v) is 6.87. The van der Waals surface area contributed by atoms with Gasteiger partial charge in [-0.2, -0.15) is 4.98 Å². The van der Waals surface area contributed by atoms with Crippen LogP contribution in [0.5, 0.6) is 0 Å². The highest BCUT2D eigenvalue weighted by atomic mass is 32.1. The summed E-state index contributed by atoms with van der Waals surface area (Å²) in [7, 11) is 0. The van der Waals surface area contributed by atoms with E-state index in [0.29, 0.717) is 11.8 Å². The molecule has 7 heteroatoms. The topological polar surface area (TPSA) is 76.7 Å². The average molecular weight is 341 g/mol. The van der Waals surface area contributed by atoms with Gasteiger partial charge in [0.05, 0.1) is 16.3 Å². The Balaban J connectivity index is 1.33. The first-order valence-corrected chi connectivity index (χ1v) is 9.17. The number of aromatic nitrogens is 4. The number of thiazole rings is 1. The Morgan fingerprint density at radius 2 is 2.21 bits per heavy atom. The summed E-state index contributed by atoms with van der Waals surface area (Å²) < 4.78 is 5.32. The highest BCUT2D eigenvalue weighted by Crippen LogP contribution is 2.38.